The summed E-state index contributed by atoms with van der Waals surface area (Å²) in [7, 11) is 5.44. The summed E-state index contributed by atoms with van der Waals surface area (Å²) in [6.45, 7) is 3.20. The lowest BCUT2D eigenvalue weighted by Crippen LogP contribution is -2.20. The molecular formula is C20H27FNO3. The van der Waals surface area contributed by atoms with Crippen molar-refractivity contribution >= 4 is 5.57 Å². The normalized spacial score (nSPS) is 14.7. The molecule has 0 bridgehead atoms. The van der Waals surface area contributed by atoms with E-state index in [9.17, 15) is 9.50 Å². The molecule has 4 nitrogen and oxygen atoms in total. The molecule has 1 aromatic rings. The minimum atomic E-state index is -0.329. The van der Waals surface area contributed by atoms with Gasteiger partial charge < -0.3 is 19.5 Å². The average Bonchev–Trinajstić information content (AvgIpc) is 2.57. The molecule has 0 unspecified atom stereocenters. The van der Waals surface area contributed by atoms with Crippen LogP contribution in [-0.2, 0) is 11.2 Å². The largest absolute Gasteiger partial charge is 0.508 e. The van der Waals surface area contributed by atoms with E-state index in [1.54, 1.807) is 6.07 Å². The second-order valence-corrected chi connectivity index (χ2v) is 6.31. The predicted molar refractivity (Wildman–Crippen MR) is 98.2 cm³/mol. The molecule has 0 spiro atoms. The topological polar surface area (TPSA) is 41.9 Å². The van der Waals surface area contributed by atoms with E-state index in [2.05, 4.69) is 0 Å². The lowest BCUT2D eigenvalue weighted by atomic mass is 9.93. The lowest BCUT2D eigenvalue weighted by molar-refractivity contribution is 0.259. The van der Waals surface area contributed by atoms with Crippen LogP contribution < -0.4 is 4.74 Å². The molecule has 2 rings (SSSR count). The van der Waals surface area contributed by atoms with Crippen molar-refractivity contribution in [2.24, 2.45) is 0 Å². The number of methoxy groups -OCH3 is 1. The van der Waals surface area contributed by atoms with E-state index in [0.717, 1.165) is 18.5 Å². The molecule has 1 radical (unpaired) electrons. The van der Waals surface area contributed by atoms with Gasteiger partial charge in [-0.05, 0) is 44.6 Å². The van der Waals surface area contributed by atoms with E-state index >= 15 is 0 Å². The van der Waals surface area contributed by atoms with Gasteiger partial charge in [0.2, 0.25) is 0 Å². The summed E-state index contributed by atoms with van der Waals surface area (Å²) in [6.07, 6.45) is 5.45. The minimum Gasteiger partial charge on any atom is -0.508 e. The van der Waals surface area contributed by atoms with Crippen LogP contribution in [0.5, 0.6) is 11.5 Å². The number of likely N-dealkylation sites (N-methyl/N-ethyl adjacent to an activating group) is 1. The Morgan fingerprint density at radius 1 is 1.28 bits per heavy atom. The number of hydrogen-bond acceptors (Lipinski definition) is 4. The molecular weight excluding hydrogens is 321 g/mol. The Balaban J connectivity index is 2.48. The zero-order valence-corrected chi connectivity index (χ0v) is 15.4. The van der Waals surface area contributed by atoms with Gasteiger partial charge in [0.25, 0.3) is 0 Å². The molecule has 5 heteroatoms. The first-order valence-corrected chi connectivity index (χ1v) is 8.59. The predicted octanol–water partition coefficient (Wildman–Crippen LogP) is 4.10. The molecule has 0 fully saturated rings. The zero-order valence-electron chi connectivity index (χ0n) is 15.4. The van der Waals surface area contributed by atoms with Crippen LogP contribution in [0.2, 0.25) is 0 Å². The van der Waals surface area contributed by atoms with Gasteiger partial charge in [0.1, 0.15) is 29.7 Å². The number of halogens is 1. The molecule has 137 valence electrons. The summed E-state index contributed by atoms with van der Waals surface area (Å²) in [5, 5.41) is 10.3. The SMILES string of the molecule is CCCc1cc(C2=C(F)[CH]CC=C2OC)c(OCCN(C)C)cc1O. The van der Waals surface area contributed by atoms with Crippen molar-refractivity contribution < 1.29 is 19.0 Å². The molecule has 1 aliphatic rings. The quantitative estimate of drug-likeness (QED) is 0.768. The van der Waals surface area contributed by atoms with Gasteiger partial charge in [-0.3, -0.25) is 0 Å². The van der Waals surface area contributed by atoms with E-state index in [-0.39, 0.29) is 11.6 Å². The summed E-state index contributed by atoms with van der Waals surface area (Å²) < 4.78 is 25.8. The summed E-state index contributed by atoms with van der Waals surface area (Å²) in [4.78, 5) is 2.00. The minimum absolute atomic E-state index is 0.175. The number of benzene rings is 1. The van der Waals surface area contributed by atoms with Crippen LogP contribution >= 0.6 is 0 Å². The number of aromatic hydroxyl groups is 1. The molecule has 1 aromatic carbocycles. The molecule has 0 aliphatic heterocycles. The van der Waals surface area contributed by atoms with Gasteiger partial charge in [0.05, 0.1) is 12.7 Å². The van der Waals surface area contributed by atoms with E-state index in [4.69, 9.17) is 9.47 Å². The van der Waals surface area contributed by atoms with Crippen LogP contribution in [0.25, 0.3) is 5.57 Å². The highest BCUT2D eigenvalue weighted by Crippen LogP contribution is 2.41. The number of aryl methyl sites for hydroxylation is 1. The molecule has 0 amide bonds. The fraction of sp³-hybridized carbons (Fsp3) is 0.450. The maximum absolute atomic E-state index is 14.6. The number of allylic oxidation sites excluding steroid dienone is 3. The van der Waals surface area contributed by atoms with Crippen LogP contribution in [0.15, 0.2) is 29.8 Å². The van der Waals surface area contributed by atoms with E-state index < -0.39 is 0 Å². The summed E-state index contributed by atoms with van der Waals surface area (Å²) in [5.74, 6) is 0.798. The van der Waals surface area contributed by atoms with Crippen molar-refractivity contribution in [2.45, 2.75) is 26.2 Å². The summed E-state index contributed by atoms with van der Waals surface area (Å²) >= 11 is 0. The fourth-order valence-corrected chi connectivity index (χ4v) is 2.77. The van der Waals surface area contributed by atoms with Gasteiger partial charge in [-0.1, -0.05) is 13.3 Å². The first-order valence-electron chi connectivity index (χ1n) is 8.59. The smallest absolute Gasteiger partial charge is 0.131 e. The van der Waals surface area contributed by atoms with Gasteiger partial charge in [0, 0.05) is 24.6 Å². The Morgan fingerprint density at radius 2 is 2.04 bits per heavy atom. The maximum atomic E-state index is 14.6. The van der Waals surface area contributed by atoms with Crippen LogP contribution in [0.3, 0.4) is 0 Å². The molecule has 1 N–H and O–H groups in total. The number of phenols is 1. The van der Waals surface area contributed by atoms with Gasteiger partial charge in [-0.25, -0.2) is 4.39 Å². The highest BCUT2D eigenvalue weighted by molar-refractivity contribution is 5.84. The average molecular weight is 348 g/mol. The molecule has 0 heterocycles. The Labute approximate surface area is 149 Å². The molecule has 0 saturated carbocycles. The second-order valence-electron chi connectivity index (χ2n) is 6.31. The van der Waals surface area contributed by atoms with Gasteiger partial charge >= 0.3 is 0 Å². The van der Waals surface area contributed by atoms with Crippen molar-refractivity contribution in [1.82, 2.24) is 4.90 Å². The van der Waals surface area contributed by atoms with E-state index in [1.807, 2.05) is 38.1 Å². The third kappa shape index (κ3) is 4.75. The third-order valence-corrected chi connectivity index (χ3v) is 4.07. The van der Waals surface area contributed by atoms with Crippen molar-refractivity contribution in [3.63, 3.8) is 0 Å². The Morgan fingerprint density at radius 3 is 2.68 bits per heavy atom. The lowest BCUT2D eigenvalue weighted by Gasteiger charge is -2.21. The van der Waals surface area contributed by atoms with E-state index in [0.29, 0.717) is 42.1 Å². The summed E-state index contributed by atoms with van der Waals surface area (Å²) in [5.41, 5.74) is 1.77. The van der Waals surface area contributed by atoms with Gasteiger partial charge in [-0.15, -0.1) is 0 Å². The number of hydrogen-bond donors (Lipinski definition) is 1. The number of rotatable bonds is 8. The number of phenolic OH excluding ortho intramolecular Hbond substituents is 1. The molecule has 1 aliphatic carbocycles. The number of ether oxygens (including phenoxy) is 2. The molecule has 25 heavy (non-hydrogen) atoms. The van der Waals surface area contributed by atoms with Crippen LogP contribution in [0, 0.1) is 6.42 Å². The Bertz CT molecular complexity index is 665. The van der Waals surface area contributed by atoms with Gasteiger partial charge in [-0.2, -0.15) is 0 Å². The molecule has 0 saturated heterocycles. The summed E-state index contributed by atoms with van der Waals surface area (Å²) in [6, 6.07) is 3.39. The van der Waals surface area contributed by atoms with Crippen molar-refractivity contribution in [3.05, 3.63) is 47.3 Å². The van der Waals surface area contributed by atoms with Gasteiger partial charge in [0.15, 0.2) is 0 Å². The Hall–Kier alpha value is -2.01. The number of nitrogens with zero attached hydrogens (tertiary/aromatic N) is 1. The molecule has 0 atom stereocenters. The fourth-order valence-electron chi connectivity index (χ4n) is 2.77. The third-order valence-electron chi connectivity index (χ3n) is 4.07. The van der Waals surface area contributed by atoms with Crippen molar-refractivity contribution in [2.75, 3.05) is 34.4 Å². The molecule has 0 aromatic heterocycles. The van der Waals surface area contributed by atoms with Crippen molar-refractivity contribution in [3.8, 4) is 11.5 Å². The maximum Gasteiger partial charge on any atom is 0.131 e. The Kier molecular flexibility index (Phi) is 6.88. The first-order chi connectivity index (χ1) is 12.0. The van der Waals surface area contributed by atoms with Crippen molar-refractivity contribution in [1.29, 1.82) is 0 Å². The monoisotopic (exact) mass is 348 g/mol. The highest BCUT2D eigenvalue weighted by atomic mass is 19.1. The second kappa shape index (κ2) is 8.90. The van der Waals surface area contributed by atoms with Crippen LogP contribution in [0.4, 0.5) is 4.39 Å². The van der Waals surface area contributed by atoms with E-state index in [1.165, 1.54) is 13.5 Å². The van der Waals surface area contributed by atoms with Crippen LogP contribution in [-0.4, -0.2) is 44.4 Å². The zero-order chi connectivity index (χ0) is 18.4. The first kappa shape index (κ1) is 19.3. The highest BCUT2D eigenvalue weighted by Gasteiger charge is 2.24. The van der Waals surface area contributed by atoms with Crippen LogP contribution in [0.1, 0.15) is 30.9 Å². The standard InChI is InChI=1S/C20H27FNO3/c1-5-7-14-12-15(20-16(21)8-6-9-18(20)24-4)19(13-17(14)23)25-11-10-22(2)3/h8-9,12-13,23H,5-7,10-11H2,1-4H3.